The molecule has 0 aliphatic rings. The van der Waals surface area contributed by atoms with Gasteiger partial charge in [-0.3, -0.25) is 0 Å². The van der Waals surface area contributed by atoms with Crippen LogP contribution in [0.25, 0.3) is 0 Å². The molecule has 308 valence electrons. The third kappa shape index (κ3) is 39.8. The minimum absolute atomic E-state index is 0.511. The lowest BCUT2D eigenvalue weighted by Gasteiger charge is -2.41. The zero-order chi connectivity index (χ0) is 38.2. The second kappa shape index (κ2) is 32.5. The molecule has 0 aromatic rings. The highest BCUT2D eigenvalue weighted by atomic mass is 28.5. The third-order valence-electron chi connectivity index (χ3n) is 6.24. The van der Waals surface area contributed by atoms with Gasteiger partial charge in [0.1, 0.15) is 0 Å². The molecule has 0 spiro atoms. The Labute approximate surface area is 314 Å². The van der Waals surface area contributed by atoms with Crippen molar-refractivity contribution in [2.45, 2.75) is 71.4 Å². The molecule has 0 radical (unpaired) electrons. The standard InChI is InChI=1S/C33H76O14Si4/c1-34-13-14-36-17-18-38-21-22-40-25-26-42-29-30-44-32-31-43-28-27-41-24-23-39-20-19-37-16-15-35-12-11-33-51(10,46-49(5,6)7)47-50(8,9)45-48(2,3)4/h11-33H2,1-10H3. The van der Waals surface area contributed by atoms with Crippen LogP contribution in [-0.2, 0) is 64.5 Å². The number of hydrogen-bond acceptors (Lipinski definition) is 14. The molecule has 0 saturated heterocycles. The largest absolute Gasteiger partial charge is 0.437 e. The van der Waals surface area contributed by atoms with Crippen LogP contribution in [0.1, 0.15) is 6.42 Å². The van der Waals surface area contributed by atoms with Crippen LogP contribution < -0.4 is 0 Å². The van der Waals surface area contributed by atoms with Gasteiger partial charge in [-0.1, -0.05) is 0 Å². The molecular weight excluding hydrogens is 733 g/mol. The topological polar surface area (TPSA) is 129 Å². The van der Waals surface area contributed by atoms with Gasteiger partial charge in [0, 0.05) is 13.7 Å². The molecule has 0 rings (SSSR count). The molecular formula is C33H76O14Si4. The van der Waals surface area contributed by atoms with Crippen molar-refractivity contribution >= 4 is 33.8 Å². The Morgan fingerprint density at radius 2 is 0.549 bits per heavy atom. The van der Waals surface area contributed by atoms with E-state index in [0.717, 1.165) is 12.5 Å². The molecule has 0 saturated carbocycles. The van der Waals surface area contributed by atoms with Crippen molar-refractivity contribution in [2.75, 3.05) is 146 Å². The van der Waals surface area contributed by atoms with Crippen LogP contribution in [0.4, 0.5) is 0 Å². The van der Waals surface area contributed by atoms with Gasteiger partial charge in [-0.05, 0) is 71.4 Å². The fourth-order valence-corrected chi connectivity index (χ4v) is 22.7. The number of methoxy groups -OCH3 is 1. The van der Waals surface area contributed by atoms with Crippen molar-refractivity contribution in [3.05, 3.63) is 0 Å². The van der Waals surface area contributed by atoms with E-state index in [4.69, 9.17) is 64.5 Å². The molecule has 0 aromatic heterocycles. The quantitative estimate of drug-likeness (QED) is 0.0628. The molecule has 0 bridgehead atoms. The Bertz CT molecular complexity index is 762. The van der Waals surface area contributed by atoms with Crippen LogP contribution in [0.5, 0.6) is 0 Å². The van der Waals surface area contributed by atoms with Gasteiger partial charge in [0.2, 0.25) is 0 Å². The van der Waals surface area contributed by atoms with Gasteiger partial charge in [0.05, 0.1) is 132 Å². The number of rotatable bonds is 40. The summed E-state index contributed by atoms with van der Waals surface area (Å²) < 4.78 is 79.9. The van der Waals surface area contributed by atoms with Crippen LogP contribution in [0.3, 0.4) is 0 Å². The zero-order valence-corrected chi connectivity index (χ0v) is 38.0. The second-order valence-corrected chi connectivity index (χ2v) is 30.8. The van der Waals surface area contributed by atoms with E-state index in [2.05, 4.69) is 58.9 Å². The maximum absolute atomic E-state index is 6.72. The first-order chi connectivity index (χ1) is 24.2. The lowest BCUT2D eigenvalue weighted by Crippen LogP contribution is -2.56. The molecule has 0 N–H and O–H groups in total. The molecule has 0 aromatic carbocycles. The molecule has 1 atom stereocenters. The summed E-state index contributed by atoms with van der Waals surface area (Å²) in [5.74, 6) is 0. The van der Waals surface area contributed by atoms with E-state index in [1.165, 1.54) is 0 Å². The maximum Gasteiger partial charge on any atom is 0.315 e. The average Bonchev–Trinajstić information content (AvgIpc) is 3.00. The molecule has 0 aliphatic heterocycles. The van der Waals surface area contributed by atoms with E-state index in [-0.39, 0.29) is 0 Å². The Kier molecular flexibility index (Phi) is 32.7. The molecule has 0 amide bonds. The van der Waals surface area contributed by atoms with Crippen molar-refractivity contribution in [1.29, 1.82) is 0 Å². The van der Waals surface area contributed by atoms with E-state index in [9.17, 15) is 0 Å². The summed E-state index contributed by atoms with van der Waals surface area (Å²) in [6.45, 7) is 31.1. The second-order valence-electron chi connectivity index (χ2n) is 14.3. The van der Waals surface area contributed by atoms with Crippen LogP contribution >= 0.6 is 0 Å². The Morgan fingerprint density at radius 1 is 0.294 bits per heavy atom. The van der Waals surface area contributed by atoms with Crippen molar-refractivity contribution in [3.63, 3.8) is 0 Å². The maximum atomic E-state index is 6.72. The Balaban J connectivity index is 3.49. The molecule has 0 heterocycles. The summed E-state index contributed by atoms with van der Waals surface area (Å²) in [4.78, 5) is 0. The minimum Gasteiger partial charge on any atom is -0.437 e. The molecule has 0 fully saturated rings. The first-order valence-corrected chi connectivity index (χ1v) is 30.7. The van der Waals surface area contributed by atoms with E-state index in [1.807, 2.05) is 0 Å². The summed E-state index contributed by atoms with van der Waals surface area (Å²) in [6.07, 6.45) is 0.894. The number of ether oxygens (including phenoxy) is 11. The molecule has 18 heteroatoms. The highest BCUT2D eigenvalue weighted by molar-refractivity contribution is 6.89. The highest BCUT2D eigenvalue weighted by Crippen LogP contribution is 2.27. The normalized spacial score (nSPS) is 14.0. The lowest BCUT2D eigenvalue weighted by atomic mass is 10.5. The Hall–Kier alpha value is 0.308. The van der Waals surface area contributed by atoms with E-state index in [1.54, 1.807) is 7.11 Å². The van der Waals surface area contributed by atoms with Crippen LogP contribution in [-0.4, -0.2) is 180 Å². The van der Waals surface area contributed by atoms with E-state index < -0.39 is 33.8 Å². The minimum atomic E-state index is -2.39. The molecule has 51 heavy (non-hydrogen) atoms. The fraction of sp³-hybridized carbons (Fsp3) is 1.00. The van der Waals surface area contributed by atoms with Crippen molar-refractivity contribution in [2.24, 2.45) is 0 Å². The van der Waals surface area contributed by atoms with Gasteiger partial charge < -0.3 is 64.5 Å². The summed E-state index contributed by atoms with van der Waals surface area (Å²) in [5, 5.41) is 0. The predicted molar refractivity (Wildman–Crippen MR) is 209 cm³/mol. The summed E-state index contributed by atoms with van der Waals surface area (Å²) in [7, 11) is -6.48. The Morgan fingerprint density at radius 3 is 0.804 bits per heavy atom. The smallest absolute Gasteiger partial charge is 0.315 e. The zero-order valence-electron chi connectivity index (χ0n) is 34.0. The highest BCUT2D eigenvalue weighted by Gasteiger charge is 2.44. The summed E-state index contributed by atoms with van der Waals surface area (Å²) in [5.41, 5.74) is 0. The van der Waals surface area contributed by atoms with Crippen molar-refractivity contribution in [1.82, 2.24) is 0 Å². The average molecular weight is 809 g/mol. The summed E-state index contributed by atoms with van der Waals surface area (Å²) >= 11 is 0. The number of hydrogen-bond donors (Lipinski definition) is 0. The SMILES string of the molecule is COCCOCCOCCOCCOCCOCCOCCOCCOCCOCCOCCC[Si](C)(O[Si](C)(C)C)O[Si](C)(C)O[Si](C)(C)C. The first-order valence-electron chi connectivity index (χ1n) is 18.5. The molecule has 14 nitrogen and oxygen atoms in total. The van der Waals surface area contributed by atoms with Gasteiger partial charge >= 0.3 is 17.1 Å². The van der Waals surface area contributed by atoms with E-state index in [0.29, 0.717) is 139 Å². The van der Waals surface area contributed by atoms with Crippen molar-refractivity contribution in [3.8, 4) is 0 Å². The van der Waals surface area contributed by atoms with Crippen molar-refractivity contribution < 1.29 is 64.5 Å². The lowest BCUT2D eigenvalue weighted by molar-refractivity contribution is -0.0270. The summed E-state index contributed by atoms with van der Waals surface area (Å²) in [6, 6.07) is 0.889. The monoisotopic (exact) mass is 808 g/mol. The van der Waals surface area contributed by atoms with Crippen LogP contribution in [0, 0.1) is 0 Å². The fourth-order valence-electron chi connectivity index (χ4n) is 4.77. The van der Waals surface area contributed by atoms with Crippen LogP contribution in [0.15, 0.2) is 0 Å². The molecule has 1 unspecified atom stereocenters. The molecule has 0 aliphatic carbocycles. The van der Waals surface area contributed by atoms with E-state index >= 15 is 0 Å². The van der Waals surface area contributed by atoms with Gasteiger partial charge in [0.25, 0.3) is 0 Å². The van der Waals surface area contributed by atoms with Gasteiger partial charge in [-0.15, -0.1) is 0 Å². The van der Waals surface area contributed by atoms with Gasteiger partial charge in [-0.25, -0.2) is 0 Å². The van der Waals surface area contributed by atoms with Gasteiger partial charge in [0.15, 0.2) is 16.6 Å². The first kappa shape index (κ1) is 51.3. The van der Waals surface area contributed by atoms with Gasteiger partial charge in [-0.2, -0.15) is 0 Å². The predicted octanol–water partition coefficient (Wildman–Crippen LogP) is 4.68. The third-order valence-corrected chi connectivity index (χ3v) is 19.8. The van der Waals surface area contributed by atoms with Crippen LogP contribution in [0.2, 0.25) is 65.0 Å².